The molecule has 0 saturated heterocycles. The molecule has 1 heterocycles. The fourth-order valence-electron chi connectivity index (χ4n) is 1.24. The topological polar surface area (TPSA) is 55.1 Å². The molecule has 86 valence electrons. The number of carbonyl (C=O) groups is 1. The molecule has 0 spiro atoms. The van der Waals surface area contributed by atoms with Crippen molar-refractivity contribution in [3.05, 3.63) is 18.7 Å². The lowest BCUT2D eigenvalue weighted by Crippen LogP contribution is -2.08. The second kappa shape index (κ2) is 6.67. The van der Waals surface area contributed by atoms with Crippen LogP contribution in [-0.4, -0.2) is 20.6 Å². The molecule has 0 aromatic carbocycles. The Labute approximate surface area is 95.3 Å². The minimum absolute atomic E-state index is 0.268. The molecule has 0 aliphatic carbocycles. The van der Waals surface area contributed by atoms with Crippen LogP contribution in [-0.2, 0) is 11.3 Å². The number of unbranched alkanes of at least 4 members (excludes halogenated alkanes) is 1. The van der Waals surface area contributed by atoms with E-state index >= 15 is 0 Å². The molecule has 0 amide bonds. The van der Waals surface area contributed by atoms with Crippen molar-refractivity contribution in [1.82, 2.24) is 9.55 Å². The zero-order chi connectivity index (χ0) is 11.8. The highest BCUT2D eigenvalue weighted by Crippen LogP contribution is 2.06. The summed E-state index contributed by atoms with van der Waals surface area (Å²) < 4.78 is 1.90. The Morgan fingerprint density at radius 1 is 1.56 bits per heavy atom. The summed E-state index contributed by atoms with van der Waals surface area (Å²) >= 11 is 0. The Bertz CT molecular complexity index is 373. The van der Waals surface area contributed by atoms with Gasteiger partial charge in [-0.25, -0.2) is 4.98 Å². The average molecular weight is 220 g/mol. The molecule has 1 N–H and O–H groups in total. The number of carboxylic acid groups (broad SMARTS) is 1. The minimum Gasteiger partial charge on any atom is -0.481 e. The first-order chi connectivity index (χ1) is 7.70. The second-order valence-corrected chi connectivity index (χ2v) is 3.72. The lowest BCUT2D eigenvalue weighted by molar-refractivity contribution is -0.141. The van der Waals surface area contributed by atoms with Gasteiger partial charge in [-0.05, 0) is 12.8 Å². The van der Waals surface area contributed by atoms with Gasteiger partial charge in [-0.15, -0.1) is 5.92 Å². The third kappa shape index (κ3) is 4.65. The normalized spacial score (nSPS) is 11.6. The van der Waals surface area contributed by atoms with E-state index in [4.69, 9.17) is 5.11 Å². The zero-order valence-corrected chi connectivity index (χ0v) is 9.39. The van der Waals surface area contributed by atoms with Gasteiger partial charge in [0.05, 0.1) is 18.8 Å². The SMILES string of the molecule is CC(CCCC#CCn1ccnc1)C(=O)O. The Morgan fingerprint density at radius 3 is 3.00 bits per heavy atom. The van der Waals surface area contributed by atoms with Crippen molar-refractivity contribution in [2.45, 2.75) is 32.7 Å². The summed E-state index contributed by atoms with van der Waals surface area (Å²) in [6.45, 7) is 2.37. The van der Waals surface area contributed by atoms with E-state index in [9.17, 15) is 4.79 Å². The maximum Gasteiger partial charge on any atom is 0.306 e. The number of rotatable bonds is 5. The van der Waals surface area contributed by atoms with E-state index in [1.165, 1.54) is 0 Å². The Balaban J connectivity index is 2.11. The van der Waals surface area contributed by atoms with Crippen LogP contribution in [0.3, 0.4) is 0 Å². The molecule has 4 nitrogen and oxygen atoms in total. The molecule has 1 rings (SSSR count). The van der Waals surface area contributed by atoms with E-state index in [-0.39, 0.29) is 5.92 Å². The molecule has 0 aliphatic rings. The summed E-state index contributed by atoms with van der Waals surface area (Å²) in [6, 6.07) is 0. The standard InChI is InChI=1S/C12H16N2O2/c1-11(12(15)16)6-4-2-3-5-8-14-9-7-13-10-14/h7,9-11H,2,4,6,8H2,1H3,(H,15,16). The van der Waals surface area contributed by atoms with Gasteiger partial charge in [-0.1, -0.05) is 12.8 Å². The van der Waals surface area contributed by atoms with Crippen molar-refractivity contribution in [3.8, 4) is 11.8 Å². The number of hydrogen-bond donors (Lipinski definition) is 1. The highest BCUT2D eigenvalue weighted by atomic mass is 16.4. The molecule has 1 unspecified atom stereocenters. The van der Waals surface area contributed by atoms with E-state index in [0.717, 1.165) is 12.8 Å². The van der Waals surface area contributed by atoms with Crippen LogP contribution in [0, 0.1) is 17.8 Å². The highest BCUT2D eigenvalue weighted by Gasteiger charge is 2.08. The largest absolute Gasteiger partial charge is 0.481 e. The number of carboxylic acids is 1. The van der Waals surface area contributed by atoms with Crippen LogP contribution in [0.25, 0.3) is 0 Å². The Hall–Kier alpha value is -1.76. The van der Waals surface area contributed by atoms with Crippen LogP contribution in [0.5, 0.6) is 0 Å². The molecule has 0 bridgehead atoms. The number of nitrogens with zero attached hydrogens (tertiary/aromatic N) is 2. The highest BCUT2D eigenvalue weighted by molar-refractivity contribution is 5.69. The first kappa shape index (κ1) is 12.3. The average Bonchev–Trinajstić information content (AvgIpc) is 2.75. The molecular formula is C12H16N2O2. The smallest absolute Gasteiger partial charge is 0.306 e. The van der Waals surface area contributed by atoms with Crippen molar-refractivity contribution in [1.29, 1.82) is 0 Å². The van der Waals surface area contributed by atoms with E-state index < -0.39 is 5.97 Å². The van der Waals surface area contributed by atoms with Crippen LogP contribution in [0.15, 0.2) is 18.7 Å². The van der Waals surface area contributed by atoms with Crippen LogP contribution in [0.1, 0.15) is 26.2 Å². The van der Waals surface area contributed by atoms with Crippen molar-refractivity contribution in [2.24, 2.45) is 5.92 Å². The predicted molar refractivity (Wildman–Crippen MR) is 60.7 cm³/mol. The van der Waals surface area contributed by atoms with Crippen LogP contribution in [0.4, 0.5) is 0 Å². The molecule has 1 aromatic heterocycles. The van der Waals surface area contributed by atoms with E-state index in [2.05, 4.69) is 16.8 Å². The third-order valence-corrected chi connectivity index (χ3v) is 2.31. The molecule has 0 saturated carbocycles. The summed E-state index contributed by atoms with van der Waals surface area (Å²) in [7, 11) is 0. The fraction of sp³-hybridized carbons (Fsp3) is 0.500. The molecule has 1 atom stereocenters. The summed E-state index contributed by atoms with van der Waals surface area (Å²) in [4.78, 5) is 14.4. The third-order valence-electron chi connectivity index (χ3n) is 2.31. The number of hydrogen-bond acceptors (Lipinski definition) is 2. The van der Waals surface area contributed by atoms with Gasteiger partial charge in [0.1, 0.15) is 0 Å². The lowest BCUT2D eigenvalue weighted by atomic mass is 10.1. The lowest BCUT2D eigenvalue weighted by Gasteiger charge is -2.02. The van der Waals surface area contributed by atoms with Crippen molar-refractivity contribution >= 4 is 5.97 Å². The van der Waals surface area contributed by atoms with Crippen molar-refractivity contribution < 1.29 is 9.90 Å². The summed E-state index contributed by atoms with van der Waals surface area (Å²) in [5.41, 5.74) is 0. The number of aromatic nitrogens is 2. The molecule has 0 aliphatic heterocycles. The van der Waals surface area contributed by atoms with E-state index in [0.29, 0.717) is 13.0 Å². The molecule has 0 fully saturated rings. The zero-order valence-electron chi connectivity index (χ0n) is 9.39. The summed E-state index contributed by atoms with van der Waals surface area (Å²) in [5, 5.41) is 8.66. The fourth-order valence-corrected chi connectivity index (χ4v) is 1.24. The maximum atomic E-state index is 10.5. The molecule has 16 heavy (non-hydrogen) atoms. The van der Waals surface area contributed by atoms with Crippen molar-refractivity contribution in [2.75, 3.05) is 0 Å². The second-order valence-electron chi connectivity index (χ2n) is 3.72. The van der Waals surface area contributed by atoms with E-state index in [1.807, 2.05) is 10.8 Å². The maximum absolute atomic E-state index is 10.5. The van der Waals surface area contributed by atoms with Crippen LogP contribution >= 0.6 is 0 Å². The quantitative estimate of drug-likeness (QED) is 0.608. The summed E-state index contributed by atoms with van der Waals surface area (Å²) in [6.07, 6.45) is 7.59. The molecule has 4 heteroatoms. The van der Waals surface area contributed by atoms with Gasteiger partial charge in [0.25, 0.3) is 0 Å². The molecular weight excluding hydrogens is 204 g/mol. The van der Waals surface area contributed by atoms with Gasteiger partial charge in [0, 0.05) is 18.8 Å². The van der Waals surface area contributed by atoms with Crippen molar-refractivity contribution in [3.63, 3.8) is 0 Å². The van der Waals surface area contributed by atoms with Gasteiger partial charge < -0.3 is 9.67 Å². The van der Waals surface area contributed by atoms with Gasteiger partial charge in [-0.3, -0.25) is 4.79 Å². The molecule has 0 radical (unpaired) electrons. The Morgan fingerprint density at radius 2 is 2.38 bits per heavy atom. The van der Waals surface area contributed by atoms with Crippen LogP contribution < -0.4 is 0 Å². The summed E-state index contributed by atoms with van der Waals surface area (Å²) in [5.74, 6) is 5.04. The molecule has 1 aromatic rings. The first-order valence-electron chi connectivity index (χ1n) is 5.34. The van der Waals surface area contributed by atoms with E-state index in [1.54, 1.807) is 19.4 Å². The minimum atomic E-state index is -0.730. The van der Waals surface area contributed by atoms with Gasteiger partial charge in [0.15, 0.2) is 0 Å². The first-order valence-corrected chi connectivity index (χ1v) is 5.34. The van der Waals surface area contributed by atoms with Gasteiger partial charge in [-0.2, -0.15) is 0 Å². The predicted octanol–water partition coefficient (Wildman–Crippen LogP) is 1.78. The van der Waals surface area contributed by atoms with Crippen LogP contribution in [0.2, 0.25) is 0 Å². The monoisotopic (exact) mass is 220 g/mol. The number of aliphatic carboxylic acids is 1. The number of imidazole rings is 1. The van der Waals surface area contributed by atoms with Gasteiger partial charge in [0.2, 0.25) is 0 Å². The Kier molecular flexibility index (Phi) is 5.13. The van der Waals surface area contributed by atoms with Gasteiger partial charge >= 0.3 is 5.97 Å².